The van der Waals surface area contributed by atoms with Crippen LogP contribution in [0.3, 0.4) is 0 Å². The molecule has 0 spiro atoms. The Hall–Kier alpha value is -3.45. The molecule has 0 bridgehead atoms. The van der Waals surface area contributed by atoms with Gasteiger partial charge in [0.2, 0.25) is 0 Å². The van der Waals surface area contributed by atoms with Crippen molar-refractivity contribution in [2.45, 2.75) is 13.1 Å². The Morgan fingerprint density at radius 3 is 2.55 bits per heavy atom. The van der Waals surface area contributed by atoms with Crippen LogP contribution in [-0.4, -0.2) is 25.5 Å². The first-order valence-corrected chi connectivity index (χ1v) is 9.32. The fourth-order valence-corrected chi connectivity index (χ4v) is 3.21. The maximum absolute atomic E-state index is 13.2. The molecule has 29 heavy (non-hydrogen) atoms. The van der Waals surface area contributed by atoms with Gasteiger partial charge in [0.25, 0.3) is 5.91 Å². The molecule has 0 saturated heterocycles. The third-order valence-electron chi connectivity index (χ3n) is 4.40. The lowest BCUT2D eigenvalue weighted by Crippen LogP contribution is -2.25. The minimum absolute atomic E-state index is 0.147. The monoisotopic (exact) mass is 409 g/mol. The highest BCUT2D eigenvalue weighted by molar-refractivity contribution is 6.31. The molecule has 0 saturated carbocycles. The first-order chi connectivity index (χ1) is 14.1. The summed E-state index contributed by atoms with van der Waals surface area (Å²) in [5.74, 6) is -0.265. The van der Waals surface area contributed by atoms with Gasteiger partial charge in [0.15, 0.2) is 11.5 Å². The Morgan fingerprint density at radius 2 is 1.83 bits per heavy atom. The number of benzene rings is 2. The normalized spacial score (nSPS) is 10.8. The molecule has 0 aliphatic carbocycles. The second-order valence-corrected chi connectivity index (χ2v) is 6.82. The van der Waals surface area contributed by atoms with Crippen LogP contribution in [0.1, 0.15) is 21.6 Å². The van der Waals surface area contributed by atoms with Crippen LogP contribution >= 0.6 is 11.6 Å². The Bertz CT molecular complexity index is 1130. The Balaban J connectivity index is 1.60. The van der Waals surface area contributed by atoms with Gasteiger partial charge in [0, 0.05) is 24.0 Å². The number of amides is 1. The standard InChI is InChI=1S/C21H17ClFN5O/c22-18-12-17(23)9-8-16(18)13-24-20(29)19-21(27-10-4-5-11-27)28(26-25-19)14-15-6-2-1-3-7-15/h1-12H,13-14H2,(H,24,29). The zero-order chi connectivity index (χ0) is 20.2. The molecule has 0 fully saturated rings. The van der Waals surface area contributed by atoms with Gasteiger partial charge in [-0.05, 0) is 35.4 Å². The summed E-state index contributed by atoms with van der Waals surface area (Å²) in [6.07, 6.45) is 3.65. The van der Waals surface area contributed by atoms with Crippen LogP contribution in [0.2, 0.25) is 5.02 Å². The van der Waals surface area contributed by atoms with E-state index < -0.39 is 11.7 Å². The largest absolute Gasteiger partial charge is 0.346 e. The fraction of sp³-hybridized carbons (Fsp3) is 0.0952. The van der Waals surface area contributed by atoms with Crippen molar-refractivity contribution < 1.29 is 9.18 Å². The van der Waals surface area contributed by atoms with Crippen molar-refractivity contribution in [3.63, 3.8) is 0 Å². The van der Waals surface area contributed by atoms with Crippen molar-refractivity contribution in [3.05, 3.63) is 101 Å². The van der Waals surface area contributed by atoms with E-state index >= 15 is 0 Å². The van der Waals surface area contributed by atoms with Crippen molar-refractivity contribution in [1.82, 2.24) is 24.9 Å². The first kappa shape index (κ1) is 18.9. The fourth-order valence-electron chi connectivity index (χ4n) is 2.97. The first-order valence-electron chi connectivity index (χ1n) is 8.94. The van der Waals surface area contributed by atoms with Crippen LogP contribution in [0.5, 0.6) is 0 Å². The number of hydrogen-bond acceptors (Lipinski definition) is 3. The van der Waals surface area contributed by atoms with Crippen LogP contribution in [0.25, 0.3) is 5.82 Å². The van der Waals surface area contributed by atoms with Gasteiger partial charge in [-0.15, -0.1) is 5.10 Å². The van der Waals surface area contributed by atoms with Gasteiger partial charge < -0.3 is 9.88 Å². The molecule has 146 valence electrons. The molecule has 8 heteroatoms. The zero-order valence-corrected chi connectivity index (χ0v) is 16.1. The average Bonchev–Trinajstić information content (AvgIpc) is 3.37. The number of halogens is 2. The van der Waals surface area contributed by atoms with Crippen LogP contribution in [0.15, 0.2) is 73.1 Å². The summed E-state index contributed by atoms with van der Waals surface area (Å²) in [7, 11) is 0. The molecule has 2 aromatic heterocycles. The van der Waals surface area contributed by atoms with Gasteiger partial charge in [-0.3, -0.25) is 4.79 Å². The Kier molecular flexibility index (Phi) is 5.39. The molecule has 0 aliphatic heterocycles. The zero-order valence-electron chi connectivity index (χ0n) is 15.3. The number of carbonyl (C=O) groups is 1. The van der Waals surface area contributed by atoms with E-state index in [-0.39, 0.29) is 17.3 Å². The topological polar surface area (TPSA) is 64.7 Å². The van der Waals surface area contributed by atoms with Gasteiger partial charge in [-0.2, -0.15) is 0 Å². The molecular weight excluding hydrogens is 393 g/mol. The summed E-state index contributed by atoms with van der Waals surface area (Å²) in [4.78, 5) is 12.8. The van der Waals surface area contributed by atoms with Gasteiger partial charge in [-0.1, -0.05) is 53.2 Å². The van der Waals surface area contributed by atoms with Crippen molar-refractivity contribution in [1.29, 1.82) is 0 Å². The number of nitrogens with zero attached hydrogens (tertiary/aromatic N) is 4. The molecule has 4 rings (SSSR count). The van der Waals surface area contributed by atoms with Crippen LogP contribution < -0.4 is 5.32 Å². The maximum atomic E-state index is 13.2. The minimum Gasteiger partial charge on any atom is -0.346 e. The molecule has 2 aromatic carbocycles. The van der Waals surface area contributed by atoms with Crippen LogP contribution in [-0.2, 0) is 13.1 Å². The van der Waals surface area contributed by atoms with Crippen LogP contribution in [0.4, 0.5) is 4.39 Å². The quantitative estimate of drug-likeness (QED) is 0.526. The molecule has 4 aromatic rings. The highest BCUT2D eigenvalue weighted by Gasteiger charge is 2.21. The molecule has 0 unspecified atom stereocenters. The van der Waals surface area contributed by atoms with E-state index in [1.165, 1.54) is 18.2 Å². The lowest BCUT2D eigenvalue weighted by atomic mass is 10.2. The summed E-state index contributed by atoms with van der Waals surface area (Å²) in [6, 6.07) is 17.6. The summed E-state index contributed by atoms with van der Waals surface area (Å²) in [5, 5.41) is 11.3. The lowest BCUT2D eigenvalue weighted by molar-refractivity contribution is 0.0946. The lowest BCUT2D eigenvalue weighted by Gasteiger charge is -2.10. The van der Waals surface area contributed by atoms with E-state index in [2.05, 4.69) is 15.6 Å². The van der Waals surface area contributed by atoms with Crippen molar-refractivity contribution in [3.8, 4) is 5.82 Å². The number of hydrogen-bond donors (Lipinski definition) is 1. The predicted octanol–water partition coefficient (Wildman–Crippen LogP) is 3.84. The molecule has 6 nitrogen and oxygen atoms in total. The van der Waals surface area contributed by atoms with Gasteiger partial charge in [-0.25, -0.2) is 9.07 Å². The Morgan fingerprint density at radius 1 is 1.07 bits per heavy atom. The number of rotatable bonds is 6. The van der Waals surface area contributed by atoms with E-state index in [1.54, 1.807) is 9.25 Å². The average molecular weight is 410 g/mol. The van der Waals surface area contributed by atoms with Gasteiger partial charge in [0.1, 0.15) is 5.82 Å². The SMILES string of the molecule is O=C(NCc1ccc(F)cc1Cl)c1nnn(Cc2ccccc2)c1-n1cccc1. The van der Waals surface area contributed by atoms with E-state index in [9.17, 15) is 9.18 Å². The third-order valence-corrected chi connectivity index (χ3v) is 4.75. The summed E-state index contributed by atoms with van der Waals surface area (Å²) in [6.45, 7) is 0.618. The molecular formula is C21H17ClFN5O. The Labute approximate surface area is 171 Å². The van der Waals surface area contributed by atoms with Crippen LogP contribution in [0, 0.1) is 5.82 Å². The van der Waals surface area contributed by atoms with Gasteiger partial charge >= 0.3 is 0 Å². The smallest absolute Gasteiger partial charge is 0.276 e. The molecule has 1 amide bonds. The third kappa shape index (κ3) is 4.20. The summed E-state index contributed by atoms with van der Waals surface area (Å²) in [5.41, 5.74) is 1.84. The minimum atomic E-state index is -0.427. The summed E-state index contributed by atoms with van der Waals surface area (Å²) < 4.78 is 16.7. The molecule has 0 radical (unpaired) electrons. The van der Waals surface area contributed by atoms with Crippen molar-refractivity contribution in [2.75, 3.05) is 0 Å². The van der Waals surface area contributed by atoms with Crippen molar-refractivity contribution in [2.24, 2.45) is 0 Å². The molecule has 2 heterocycles. The predicted molar refractivity (Wildman–Crippen MR) is 107 cm³/mol. The van der Waals surface area contributed by atoms with E-state index in [4.69, 9.17) is 11.6 Å². The number of aromatic nitrogens is 4. The highest BCUT2D eigenvalue weighted by Crippen LogP contribution is 2.18. The molecule has 0 aliphatic rings. The van der Waals surface area contributed by atoms with E-state index in [0.717, 1.165) is 5.56 Å². The molecule has 1 N–H and O–H groups in total. The number of carbonyl (C=O) groups excluding carboxylic acids is 1. The van der Waals surface area contributed by atoms with Gasteiger partial charge in [0.05, 0.1) is 6.54 Å². The summed E-state index contributed by atoms with van der Waals surface area (Å²) >= 11 is 6.04. The maximum Gasteiger partial charge on any atom is 0.276 e. The second-order valence-electron chi connectivity index (χ2n) is 6.41. The van der Waals surface area contributed by atoms with Crippen molar-refractivity contribution >= 4 is 17.5 Å². The molecule has 0 atom stereocenters. The number of nitrogens with one attached hydrogen (secondary N) is 1. The van der Waals surface area contributed by atoms with E-state index in [1.807, 2.05) is 54.9 Å². The highest BCUT2D eigenvalue weighted by atomic mass is 35.5. The van der Waals surface area contributed by atoms with E-state index in [0.29, 0.717) is 17.9 Å². The second kappa shape index (κ2) is 8.28.